The number of thiophene rings is 2. The molecule has 3 aromatic rings. The van der Waals surface area contributed by atoms with Gasteiger partial charge >= 0.3 is 5.97 Å². The van der Waals surface area contributed by atoms with Crippen molar-refractivity contribution in [3.63, 3.8) is 0 Å². The molecule has 3 aliphatic heterocycles. The Kier molecular flexibility index (Phi) is 6.61. The van der Waals surface area contributed by atoms with Crippen LogP contribution in [-0.4, -0.2) is 73.0 Å². The summed E-state index contributed by atoms with van der Waals surface area (Å²) < 4.78 is 43.5. The second-order valence-electron chi connectivity index (χ2n) is 9.76. The fourth-order valence-electron chi connectivity index (χ4n) is 5.42. The Hall–Kier alpha value is -2.12. The van der Waals surface area contributed by atoms with Gasteiger partial charge in [0.1, 0.15) is 40.5 Å². The maximum absolute atomic E-state index is 13.1. The number of hydrogen-bond donors (Lipinski definition) is 1. The summed E-state index contributed by atoms with van der Waals surface area (Å²) in [4.78, 5) is 14.1. The first-order valence-electron chi connectivity index (χ1n) is 11.5. The maximum Gasteiger partial charge on any atom is 0.349 e. The summed E-state index contributed by atoms with van der Waals surface area (Å²) in [5.74, 6) is -0.561. The van der Waals surface area contributed by atoms with Crippen molar-refractivity contribution in [2.24, 2.45) is 0 Å². The molecule has 3 fully saturated rings. The molecule has 4 atom stereocenters. The molecule has 4 unspecified atom stereocenters. The van der Waals surface area contributed by atoms with Crippen LogP contribution in [-0.2, 0) is 30.0 Å². The van der Waals surface area contributed by atoms with E-state index in [4.69, 9.17) is 9.47 Å². The van der Waals surface area contributed by atoms with Crippen LogP contribution in [0.2, 0.25) is 0 Å². The zero-order valence-corrected chi connectivity index (χ0v) is 22.2. The van der Waals surface area contributed by atoms with Gasteiger partial charge in [0.25, 0.3) is 0 Å². The van der Waals surface area contributed by atoms with E-state index in [1.54, 1.807) is 18.2 Å². The number of nitrogens with zero attached hydrogens (tertiary/aromatic N) is 1. The van der Waals surface area contributed by atoms with Crippen molar-refractivity contribution in [1.82, 2.24) is 0 Å². The van der Waals surface area contributed by atoms with Crippen LogP contribution in [0.5, 0.6) is 0 Å². The number of piperidine rings is 1. The van der Waals surface area contributed by atoms with E-state index in [1.165, 1.54) is 46.9 Å². The molecule has 5 heterocycles. The largest absolute Gasteiger partial charge is 0.744 e. The molecule has 2 aromatic heterocycles. The van der Waals surface area contributed by atoms with Gasteiger partial charge < -0.3 is 23.6 Å². The van der Waals surface area contributed by atoms with Crippen LogP contribution in [0.1, 0.15) is 22.6 Å². The number of quaternary nitrogens is 1. The van der Waals surface area contributed by atoms with Crippen molar-refractivity contribution in [2.45, 2.75) is 53.7 Å². The first-order chi connectivity index (χ1) is 17.0. The highest BCUT2D eigenvalue weighted by Crippen LogP contribution is 2.52. The molecule has 0 aliphatic carbocycles. The molecule has 3 aliphatic rings. The van der Waals surface area contributed by atoms with Crippen molar-refractivity contribution in [3.05, 3.63) is 75.1 Å². The number of carbonyl (C=O) groups excluding carboxylic acids is 1. The predicted molar refractivity (Wildman–Crippen MR) is 134 cm³/mol. The molecule has 3 saturated heterocycles. The van der Waals surface area contributed by atoms with Crippen molar-refractivity contribution in [1.29, 1.82) is 0 Å². The molecule has 0 amide bonds. The lowest BCUT2D eigenvalue weighted by Gasteiger charge is -2.45. The molecule has 0 radical (unpaired) electrons. The number of morpholine rings is 1. The molecule has 192 valence electrons. The number of hydrogen-bond acceptors (Lipinski definition) is 9. The first kappa shape index (κ1) is 25.5. The number of carbonyl (C=O) groups is 1. The normalized spacial score (nSPS) is 27.9. The van der Waals surface area contributed by atoms with Crippen LogP contribution in [0, 0.1) is 0 Å². The van der Waals surface area contributed by atoms with Gasteiger partial charge in [-0.3, -0.25) is 0 Å². The van der Waals surface area contributed by atoms with Gasteiger partial charge in [0.2, 0.25) is 5.60 Å². The molecule has 1 N–H and O–H groups in total. The van der Waals surface area contributed by atoms with Crippen LogP contribution in [0.25, 0.3) is 0 Å². The molecule has 1 aromatic carbocycles. The highest BCUT2D eigenvalue weighted by atomic mass is 32.2. The van der Waals surface area contributed by atoms with E-state index >= 15 is 0 Å². The third-order valence-electron chi connectivity index (χ3n) is 7.39. The molecule has 11 heteroatoms. The van der Waals surface area contributed by atoms with Crippen LogP contribution < -0.4 is 0 Å². The molecule has 6 rings (SSSR count). The summed E-state index contributed by atoms with van der Waals surface area (Å²) in [6.07, 6.45) is 2.05. The first-order valence-corrected chi connectivity index (χ1v) is 14.7. The zero-order valence-electron chi connectivity index (χ0n) is 19.7. The number of esters is 1. The summed E-state index contributed by atoms with van der Waals surface area (Å²) in [6, 6.07) is 15.2. The highest BCUT2D eigenvalue weighted by Gasteiger charge is 2.71. The third kappa shape index (κ3) is 4.53. The van der Waals surface area contributed by atoms with Gasteiger partial charge in [0.05, 0.1) is 28.7 Å². The molecular weight excluding hydrogens is 522 g/mol. The Balaban J connectivity index is 0.000000226. The van der Waals surface area contributed by atoms with E-state index in [-0.39, 0.29) is 11.0 Å². The van der Waals surface area contributed by atoms with Gasteiger partial charge in [-0.15, -0.1) is 22.7 Å². The minimum Gasteiger partial charge on any atom is -0.744 e. The Morgan fingerprint density at radius 1 is 1.00 bits per heavy atom. The average Bonchev–Trinajstić information content (AvgIpc) is 3.18. The summed E-state index contributed by atoms with van der Waals surface area (Å²) in [7, 11) is 0.240. The van der Waals surface area contributed by atoms with Crippen LogP contribution >= 0.6 is 22.7 Å². The average molecular weight is 550 g/mol. The van der Waals surface area contributed by atoms with Gasteiger partial charge in [-0.25, -0.2) is 13.2 Å². The zero-order chi connectivity index (χ0) is 25.7. The van der Waals surface area contributed by atoms with Gasteiger partial charge in [-0.1, -0.05) is 30.3 Å². The quantitative estimate of drug-likeness (QED) is 0.225. The van der Waals surface area contributed by atoms with Gasteiger partial charge in [-0.2, -0.15) is 0 Å². The van der Waals surface area contributed by atoms with Crippen molar-refractivity contribution < 1.29 is 36.8 Å². The van der Waals surface area contributed by atoms with Crippen molar-refractivity contribution >= 4 is 38.8 Å². The van der Waals surface area contributed by atoms with Gasteiger partial charge in [0.15, 0.2) is 0 Å². The Morgan fingerprint density at radius 3 is 1.94 bits per heavy atom. The lowest BCUT2D eigenvalue weighted by atomic mass is 9.95. The molecule has 0 saturated carbocycles. The van der Waals surface area contributed by atoms with Crippen LogP contribution in [0.4, 0.5) is 0 Å². The third-order valence-corrected chi connectivity index (χ3v) is 10.2. The molecule has 8 nitrogen and oxygen atoms in total. The van der Waals surface area contributed by atoms with E-state index in [2.05, 4.69) is 14.1 Å². The number of benzene rings is 1. The SMILES string of the molecule is C[N+]1(C)C2CC(OC(=O)C(O)(c3cccs3)c3cccs3)CC1C1OC12.O=S(=O)([O-])c1ccccc1. The van der Waals surface area contributed by atoms with Crippen LogP contribution in [0.3, 0.4) is 0 Å². The fraction of sp³-hybridized carbons (Fsp3) is 0.400. The second kappa shape index (κ2) is 9.32. The number of aliphatic hydroxyl groups is 1. The Bertz CT molecular complexity index is 1250. The van der Waals surface area contributed by atoms with E-state index in [1.807, 2.05) is 22.9 Å². The van der Waals surface area contributed by atoms with Gasteiger partial charge in [0, 0.05) is 12.8 Å². The summed E-state index contributed by atoms with van der Waals surface area (Å²) in [5.41, 5.74) is -1.72. The number of epoxide rings is 1. The monoisotopic (exact) mass is 549 g/mol. The second-order valence-corrected chi connectivity index (χ2v) is 13.0. The smallest absolute Gasteiger partial charge is 0.349 e. The summed E-state index contributed by atoms with van der Waals surface area (Å²) in [6.45, 7) is 0. The van der Waals surface area contributed by atoms with Crippen LogP contribution in [0.15, 0.2) is 70.3 Å². The van der Waals surface area contributed by atoms with E-state index < -0.39 is 21.7 Å². The van der Waals surface area contributed by atoms with Gasteiger partial charge in [-0.05, 0) is 35.0 Å². The van der Waals surface area contributed by atoms with Crippen molar-refractivity contribution in [3.8, 4) is 0 Å². The van der Waals surface area contributed by atoms with E-state index in [9.17, 15) is 22.9 Å². The highest BCUT2D eigenvalue weighted by molar-refractivity contribution is 7.85. The Labute approximate surface area is 218 Å². The number of rotatable bonds is 5. The minimum atomic E-state index is -4.25. The standard InChI is InChI=1S/C19H22NO4S2.C6H6O3S/c1-20(2)12-9-11(10-13(20)17-16(12)24-17)23-18(21)19(22,14-5-3-7-25-14)15-6-4-8-26-15;7-10(8,9)6-4-2-1-3-5-6/h3-8,11-13,16-17,22H,9-10H2,1-2H3;1-5H,(H,7,8,9)/q+1;/p-1. The molecule has 36 heavy (non-hydrogen) atoms. The lowest BCUT2D eigenvalue weighted by molar-refractivity contribution is -0.938. The number of likely N-dealkylation sites (N-methyl/N-ethyl adjacent to an activating group) is 1. The van der Waals surface area contributed by atoms with E-state index in [0.717, 1.165) is 17.3 Å². The topological polar surface area (TPSA) is 116 Å². The molecule has 2 bridgehead atoms. The predicted octanol–water partition coefficient (Wildman–Crippen LogP) is 2.94. The number of ether oxygens (including phenoxy) is 2. The Morgan fingerprint density at radius 2 is 1.53 bits per heavy atom. The van der Waals surface area contributed by atoms with Crippen molar-refractivity contribution in [2.75, 3.05) is 14.1 Å². The van der Waals surface area contributed by atoms with E-state index in [0.29, 0.717) is 34.0 Å². The molecule has 0 spiro atoms. The number of fused-ring (bicyclic) bond motifs is 5. The summed E-state index contributed by atoms with van der Waals surface area (Å²) in [5, 5.41) is 15.1. The maximum atomic E-state index is 13.1. The molecular formula is C25H27NO7S3. The summed E-state index contributed by atoms with van der Waals surface area (Å²) >= 11 is 2.74. The minimum absolute atomic E-state index is 0.161. The lowest BCUT2D eigenvalue weighted by Crippen LogP contribution is -2.60. The fourth-order valence-corrected chi connectivity index (χ4v) is 7.62.